The van der Waals surface area contributed by atoms with Gasteiger partial charge < -0.3 is 28.9 Å². The molecular formula is C49H87N3O13Y. The number of carbonyl (C=O) groups excluding carboxylic acids is 5. The Balaban J connectivity index is 0.0000150. The summed E-state index contributed by atoms with van der Waals surface area (Å²) in [5, 5.41) is 15.4. The Bertz CT molecular complexity index is 1590. The number of rotatable bonds is 20. The first kappa shape index (κ1) is 60.3. The van der Waals surface area contributed by atoms with Crippen molar-refractivity contribution in [3.63, 3.8) is 0 Å². The number of hydrogen-bond donors (Lipinski definition) is 1. The van der Waals surface area contributed by atoms with Gasteiger partial charge in [-0.05, 0) is 131 Å². The summed E-state index contributed by atoms with van der Waals surface area (Å²) in [6.07, 6.45) is 6.17. The van der Waals surface area contributed by atoms with Gasteiger partial charge in [0.05, 0.1) is 5.41 Å². The van der Waals surface area contributed by atoms with Crippen LogP contribution in [0.4, 0.5) is 0 Å². The zero-order chi connectivity index (χ0) is 49.6. The van der Waals surface area contributed by atoms with Gasteiger partial charge in [-0.1, -0.05) is 25.7 Å². The van der Waals surface area contributed by atoms with Crippen LogP contribution in [0, 0.1) is 5.41 Å². The molecule has 0 spiro atoms. The molecule has 0 bridgehead atoms. The van der Waals surface area contributed by atoms with Crippen LogP contribution in [0.3, 0.4) is 0 Å². The first-order chi connectivity index (χ1) is 29.6. The maximum atomic E-state index is 13.1. The summed E-state index contributed by atoms with van der Waals surface area (Å²) < 4.78 is 28.2. The summed E-state index contributed by atoms with van der Waals surface area (Å²) in [7, 11) is 0. The number of hydroxylamine groups is 6. The first-order valence-corrected chi connectivity index (χ1v) is 24.0. The van der Waals surface area contributed by atoms with E-state index in [1.165, 1.54) is 5.06 Å². The number of esters is 5. The molecule has 2 unspecified atom stereocenters. The fourth-order valence-electron chi connectivity index (χ4n) is 10.2. The SMILES string of the molecule is CC(ON1C(C)(C)CC(OC(=O)CCCCCCCCC(=O)OC2CC(C)(C)N(O)C(C)(C)C2)CC1(C)C)C(=O)OCOC(=O)C(C)ON1C(C)(C)CC(OC(=O)C(C)(C)C)CC1(C)C.[Y]. The normalized spacial score (nSPS) is 23.1. The van der Waals surface area contributed by atoms with Crippen molar-refractivity contribution in [1.29, 1.82) is 0 Å². The van der Waals surface area contributed by atoms with Crippen molar-refractivity contribution in [2.75, 3.05) is 6.79 Å². The Kier molecular flexibility index (Phi) is 21.8. The van der Waals surface area contributed by atoms with Crippen molar-refractivity contribution in [3.8, 4) is 0 Å². The molecule has 3 fully saturated rings. The predicted molar refractivity (Wildman–Crippen MR) is 244 cm³/mol. The van der Waals surface area contributed by atoms with Crippen LogP contribution in [-0.4, -0.2) is 121 Å². The third kappa shape index (κ3) is 17.6. The fraction of sp³-hybridized carbons (Fsp3) is 0.898. The van der Waals surface area contributed by atoms with Gasteiger partial charge in [0.2, 0.25) is 6.79 Å². The molecule has 0 aromatic carbocycles. The second-order valence-corrected chi connectivity index (χ2v) is 23.7. The molecule has 3 aliphatic rings. The Morgan fingerprint density at radius 2 is 0.803 bits per heavy atom. The maximum Gasteiger partial charge on any atom is 0.339 e. The van der Waals surface area contributed by atoms with Crippen molar-refractivity contribution < 1.29 is 95.2 Å². The van der Waals surface area contributed by atoms with E-state index in [1.807, 2.05) is 104 Å². The Morgan fingerprint density at radius 1 is 0.515 bits per heavy atom. The number of piperidine rings is 3. The number of unbranched alkanes of at least 4 members (excludes halogenated alkanes) is 5. The van der Waals surface area contributed by atoms with Gasteiger partial charge in [0.25, 0.3) is 0 Å². The van der Waals surface area contributed by atoms with E-state index < -0.39 is 69.6 Å². The number of hydrogen-bond acceptors (Lipinski definition) is 16. The van der Waals surface area contributed by atoms with E-state index in [9.17, 15) is 29.2 Å². The third-order valence-corrected chi connectivity index (χ3v) is 12.8. The molecule has 66 heavy (non-hydrogen) atoms. The largest absolute Gasteiger partial charge is 0.462 e. The molecule has 379 valence electrons. The molecule has 0 saturated carbocycles. The molecular weight excluding hydrogens is 927 g/mol. The van der Waals surface area contributed by atoms with E-state index in [-0.39, 0.29) is 68.9 Å². The average Bonchev–Trinajstić information content (AvgIpc) is 3.12. The van der Waals surface area contributed by atoms with Crippen molar-refractivity contribution in [1.82, 2.24) is 15.2 Å². The topological polar surface area (TPSA) is 180 Å². The molecule has 17 heteroatoms. The van der Waals surface area contributed by atoms with Gasteiger partial charge in [0, 0.05) is 117 Å². The molecule has 0 aromatic rings. The van der Waals surface area contributed by atoms with Crippen LogP contribution in [0.1, 0.15) is 208 Å². The van der Waals surface area contributed by atoms with Crippen LogP contribution >= 0.6 is 0 Å². The predicted octanol–water partition coefficient (Wildman–Crippen LogP) is 8.92. The van der Waals surface area contributed by atoms with Gasteiger partial charge in [0.15, 0.2) is 12.2 Å². The third-order valence-electron chi connectivity index (χ3n) is 12.8. The van der Waals surface area contributed by atoms with Crippen LogP contribution in [0.15, 0.2) is 0 Å². The van der Waals surface area contributed by atoms with Crippen molar-refractivity contribution in [2.24, 2.45) is 5.41 Å². The van der Waals surface area contributed by atoms with E-state index in [1.54, 1.807) is 24.0 Å². The molecule has 3 aliphatic heterocycles. The fourth-order valence-corrected chi connectivity index (χ4v) is 10.2. The molecule has 2 atom stereocenters. The second-order valence-electron chi connectivity index (χ2n) is 23.7. The van der Waals surface area contributed by atoms with E-state index >= 15 is 0 Å². The second kappa shape index (κ2) is 23.9. The van der Waals surface area contributed by atoms with Gasteiger partial charge in [-0.25, -0.2) is 9.59 Å². The minimum atomic E-state index is -1.03. The maximum absolute atomic E-state index is 13.1. The summed E-state index contributed by atoms with van der Waals surface area (Å²) >= 11 is 0. The van der Waals surface area contributed by atoms with Gasteiger partial charge in [0.1, 0.15) is 18.3 Å². The van der Waals surface area contributed by atoms with Gasteiger partial charge in [-0.3, -0.25) is 24.1 Å². The monoisotopic (exact) mass is 1010 g/mol. The molecule has 3 saturated heterocycles. The molecule has 3 heterocycles. The van der Waals surface area contributed by atoms with Crippen molar-refractivity contribution >= 4 is 29.8 Å². The number of ether oxygens (including phenoxy) is 5. The molecule has 1 radical (unpaired) electrons. The van der Waals surface area contributed by atoms with Crippen LogP contribution in [0.5, 0.6) is 0 Å². The van der Waals surface area contributed by atoms with Crippen LogP contribution < -0.4 is 0 Å². The first-order valence-electron chi connectivity index (χ1n) is 24.0. The molecule has 3 rings (SSSR count). The minimum absolute atomic E-state index is 0. The Labute approximate surface area is 421 Å². The van der Waals surface area contributed by atoms with E-state index in [4.69, 9.17) is 33.4 Å². The van der Waals surface area contributed by atoms with E-state index in [0.29, 0.717) is 51.4 Å². The van der Waals surface area contributed by atoms with Crippen molar-refractivity contribution in [3.05, 3.63) is 0 Å². The van der Waals surface area contributed by atoms with Gasteiger partial charge >= 0.3 is 29.8 Å². The molecule has 0 aliphatic carbocycles. The average molecular weight is 1020 g/mol. The summed E-state index contributed by atoms with van der Waals surface area (Å²) in [4.78, 5) is 76.5. The zero-order valence-electron chi connectivity index (χ0n) is 43.8. The molecule has 1 N–H and O–H groups in total. The van der Waals surface area contributed by atoms with E-state index in [2.05, 4.69) is 0 Å². The molecule has 0 amide bonds. The van der Waals surface area contributed by atoms with Crippen molar-refractivity contribution in [2.45, 2.75) is 271 Å². The Hall–Kier alpha value is -1.79. The van der Waals surface area contributed by atoms with Gasteiger partial charge in [-0.15, -0.1) is 0 Å². The summed E-state index contributed by atoms with van der Waals surface area (Å²) in [6, 6.07) is 0. The molecule has 0 aromatic heterocycles. The zero-order valence-corrected chi connectivity index (χ0v) is 46.6. The quantitative estimate of drug-likeness (QED) is 0.0528. The summed E-state index contributed by atoms with van der Waals surface area (Å²) in [5.41, 5.74) is -3.95. The van der Waals surface area contributed by atoms with Crippen LogP contribution in [0.25, 0.3) is 0 Å². The van der Waals surface area contributed by atoms with Crippen LogP contribution in [0.2, 0.25) is 0 Å². The smallest absolute Gasteiger partial charge is 0.339 e. The van der Waals surface area contributed by atoms with Crippen LogP contribution in [-0.2, 0) is 90.0 Å². The van der Waals surface area contributed by atoms with E-state index in [0.717, 1.165) is 38.5 Å². The number of carbonyl (C=O) groups is 5. The Morgan fingerprint density at radius 3 is 1.12 bits per heavy atom. The van der Waals surface area contributed by atoms with Gasteiger partial charge in [-0.2, -0.15) is 15.2 Å². The summed E-state index contributed by atoms with van der Waals surface area (Å²) in [5.74, 6) is -2.12. The summed E-state index contributed by atoms with van der Waals surface area (Å²) in [6.45, 7) is 31.6. The molecule has 16 nitrogen and oxygen atoms in total. The number of nitrogens with zero attached hydrogens (tertiary/aromatic N) is 3. The minimum Gasteiger partial charge on any atom is -0.462 e. The standard InChI is InChI=1S/C49H87N3O13.Y/c1-33(40(55)59-32-60-41(56)34(2)65-52-48(14,15)30-37(31-49(52,16)17)63-42(57)43(3,4)5)64-51-46(10,11)28-36(29-47(51,12)13)62-39(54)25-23-21-19-18-20-22-24-38(53)61-35-26-44(6,7)50(58)45(8,9)27-35;/h33-37,58H,18-32H2,1-17H3;.